The van der Waals surface area contributed by atoms with Crippen molar-refractivity contribution in [3.8, 4) is 96.5 Å². The van der Waals surface area contributed by atoms with Gasteiger partial charge in [0.2, 0.25) is 0 Å². The number of hydrogen-bond donors (Lipinski definition) is 0. The molecule has 0 unspecified atom stereocenters. The fourth-order valence-corrected chi connectivity index (χ4v) is 8.33. The zero-order valence-corrected chi connectivity index (χ0v) is 36.4. The Kier molecular flexibility index (Phi) is 10.6. The predicted octanol–water partition coefficient (Wildman–Crippen LogP) is 13.9. The van der Waals surface area contributed by atoms with E-state index in [-0.39, 0.29) is 0 Å². The van der Waals surface area contributed by atoms with E-state index in [1.165, 1.54) is 5.56 Å². The Morgan fingerprint density at radius 3 is 1.20 bits per heavy atom. The van der Waals surface area contributed by atoms with Gasteiger partial charge < -0.3 is 0 Å². The van der Waals surface area contributed by atoms with E-state index >= 15 is 0 Å². The van der Waals surface area contributed by atoms with Crippen molar-refractivity contribution in [3.63, 3.8) is 0 Å². The first kappa shape index (κ1) is 40.1. The summed E-state index contributed by atoms with van der Waals surface area (Å²) in [5, 5.41) is 0. The van der Waals surface area contributed by atoms with Gasteiger partial charge in [0, 0.05) is 44.5 Å². The first-order valence-electron chi connectivity index (χ1n) is 22.1. The van der Waals surface area contributed by atoms with Crippen molar-refractivity contribution < 1.29 is 0 Å². The van der Waals surface area contributed by atoms with Crippen molar-refractivity contribution >= 4 is 11.0 Å². The number of benzene rings is 8. The Balaban J connectivity index is 1.18. The summed E-state index contributed by atoms with van der Waals surface area (Å²) in [4.78, 5) is 36.1. The van der Waals surface area contributed by atoms with Crippen LogP contribution in [-0.4, -0.2) is 39.5 Å². The normalized spacial score (nSPS) is 11.3. The minimum absolute atomic E-state index is 0.358. The summed E-state index contributed by atoms with van der Waals surface area (Å²) in [6, 6.07) is 72.1. The molecular formula is C58H42N8. The highest BCUT2D eigenvalue weighted by Crippen LogP contribution is 2.39. The minimum atomic E-state index is 0.358. The largest absolute Gasteiger partial charge is 0.292 e. The predicted molar refractivity (Wildman–Crippen MR) is 265 cm³/mol. The van der Waals surface area contributed by atoms with Crippen LogP contribution in [0, 0.1) is 0 Å². The molecule has 0 saturated carbocycles. The summed E-state index contributed by atoms with van der Waals surface area (Å²) in [7, 11) is 0. The second kappa shape index (κ2) is 17.4. The molecule has 0 amide bonds. The standard InChI is InChI=1S/C58H42N8/c1-38(2)43-28-19-29-44(34-43)58-59-49-31-16-18-33-51(49)66(58)50-32-17-15-30-48(50)45-35-46(56-62-52(39-20-7-3-8-21-39)60-53(63-56)40-22-9-4-10-23-40)37-47(36-45)57-64-54(41-24-11-5-12-25-41)61-55(65-57)42-26-13-6-14-27-42/h3-38H,1-2H3. The Morgan fingerprint density at radius 1 is 0.318 bits per heavy atom. The SMILES string of the molecule is CC(C)c1cccc(-c2nc3ccccc3n2-c2ccccc2-c2cc(-c3nc(-c4ccccc4)nc(-c4ccccc4)n3)cc(-c3nc(-c4ccccc4)nc(-c4ccccc4)n3)c2)c1. The van der Waals surface area contributed by atoms with Gasteiger partial charge in [0.1, 0.15) is 5.82 Å². The fourth-order valence-electron chi connectivity index (χ4n) is 8.33. The Morgan fingerprint density at radius 2 is 0.712 bits per heavy atom. The molecule has 11 rings (SSSR count). The minimum Gasteiger partial charge on any atom is -0.292 e. The van der Waals surface area contributed by atoms with Gasteiger partial charge in [0.15, 0.2) is 34.9 Å². The molecule has 11 aromatic rings. The van der Waals surface area contributed by atoms with Gasteiger partial charge in [-0.2, -0.15) is 0 Å². The molecule has 3 aromatic heterocycles. The van der Waals surface area contributed by atoms with Crippen LogP contribution in [0.2, 0.25) is 0 Å². The lowest BCUT2D eigenvalue weighted by Crippen LogP contribution is -2.03. The number of hydrogen-bond acceptors (Lipinski definition) is 7. The molecule has 3 heterocycles. The van der Waals surface area contributed by atoms with E-state index in [0.29, 0.717) is 40.9 Å². The number of imidazole rings is 1. The average molecular weight is 851 g/mol. The monoisotopic (exact) mass is 850 g/mol. The van der Waals surface area contributed by atoms with Gasteiger partial charge in [-0.25, -0.2) is 34.9 Å². The van der Waals surface area contributed by atoms with E-state index in [4.69, 9.17) is 34.9 Å². The molecule has 0 fully saturated rings. The molecule has 0 aliphatic heterocycles. The average Bonchev–Trinajstić information content (AvgIpc) is 3.79. The van der Waals surface area contributed by atoms with E-state index < -0.39 is 0 Å². The Hall–Kier alpha value is -8.75. The van der Waals surface area contributed by atoms with Gasteiger partial charge in [-0.3, -0.25) is 4.57 Å². The highest BCUT2D eigenvalue weighted by atomic mass is 15.1. The van der Waals surface area contributed by atoms with Crippen LogP contribution < -0.4 is 0 Å². The van der Waals surface area contributed by atoms with Crippen LogP contribution in [0.5, 0.6) is 0 Å². The molecule has 0 aliphatic carbocycles. The molecule has 0 spiro atoms. The van der Waals surface area contributed by atoms with Crippen molar-refractivity contribution in [1.29, 1.82) is 0 Å². The lowest BCUT2D eigenvalue weighted by Gasteiger charge is -2.17. The smallest absolute Gasteiger partial charge is 0.164 e. The van der Waals surface area contributed by atoms with Crippen LogP contribution in [-0.2, 0) is 0 Å². The molecule has 0 bridgehead atoms. The van der Waals surface area contributed by atoms with Crippen LogP contribution in [0.1, 0.15) is 25.3 Å². The first-order chi connectivity index (χ1) is 32.5. The van der Waals surface area contributed by atoms with E-state index in [1.54, 1.807) is 0 Å². The summed E-state index contributed by atoms with van der Waals surface area (Å²) in [6.07, 6.45) is 0. The van der Waals surface area contributed by atoms with Gasteiger partial charge in [-0.1, -0.05) is 184 Å². The van der Waals surface area contributed by atoms with Gasteiger partial charge in [0.05, 0.1) is 16.7 Å². The quantitative estimate of drug-likeness (QED) is 0.135. The van der Waals surface area contributed by atoms with Crippen molar-refractivity contribution in [2.45, 2.75) is 19.8 Å². The third-order valence-electron chi connectivity index (χ3n) is 11.7. The number of fused-ring (bicyclic) bond motifs is 1. The number of para-hydroxylation sites is 3. The second-order valence-electron chi connectivity index (χ2n) is 16.4. The van der Waals surface area contributed by atoms with Crippen molar-refractivity contribution in [1.82, 2.24) is 39.5 Å². The highest BCUT2D eigenvalue weighted by molar-refractivity contribution is 5.88. The molecule has 0 aliphatic rings. The van der Waals surface area contributed by atoms with Crippen LogP contribution in [0.4, 0.5) is 0 Å². The van der Waals surface area contributed by atoms with Gasteiger partial charge in [-0.15, -0.1) is 0 Å². The fraction of sp³-hybridized carbons (Fsp3) is 0.0517. The van der Waals surface area contributed by atoms with Gasteiger partial charge in [0.25, 0.3) is 0 Å². The third kappa shape index (κ3) is 7.92. The molecule has 0 N–H and O–H groups in total. The zero-order valence-electron chi connectivity index (χ0n) is 36.4. The van der Waals surface area contributed by atoms with Crippen molar-refractivity contribution in [3.05, 3.63) is 218 Å². The van der Waals surface area contributed by atoms with E-state index in [1.807, 2.05) is 127 Å². The van der Waals surface area contributed by atoms with Crippen LogP contribution in [0.25, 0.3) is 108 Å². The zero-order chi connectivity index (χ0) is 44.4. The summed E-state index contributed by atoms with van der Waals surface area (Å²) in [5.41, 5.74) is 12.2. The van der Waals surface area contributed by atoms with Crippen molar-refractivity contribution in [2.75, 3.05) is 0 Å². The van der Waals surface area contributed by atoms with Crippen LogP contribution in [0.15, 0.2) is 212 Å². The number of nitrogens with zero attached hydrogens (tertiary/aromatic N) is 8. The maximum Gasteiger partial charge on any atom is 0.164 e. The van der Waals surface area contributed by atoms with E-state index in [2.05, 4.69) is 103 Å². The summed E-state index contributed by atoms with van der Waals surface area (Å²) in [6.45, 7) is 4.44. The molecule has 0 radical (unpaired) electrons. The van der Waals surface area contributed by atoms with Gasteiger partial charge >= 0.3 is 0 Å². The topological polar surface area (TPSA) is 95.2 Å². The van der Waals surface area contributed by atoms with Gasteiger partial charge in [-0.05, 0) is 59.5 Å². The second-order valence-corrected chi connectivity index (χ2v) is 16.4. The lowest BCUT2D eigenvalue weighted by molar-refractivity contribution is 0.866. The number of aromatic nitrogens is 8. The van der Waals surface area contributed by atoms with E-state index in [9.17, 15) is 0 Å². The van der Waals surface area contributed by atoms with Crippen LogP contribution >= 0.6 is 0 Å². The number of rotatable bonds is 10. The lowest BCUT2D eigenvalue weighted by atomic mass is 9.97. The molecule has 0 saturated heterocycles. The van der Waals surface area contributed by atoms with Crippen molar-refractivity contribution in [2.24, 2.45) is 0 Å². The maximum atomic E-state index is 5.29. The molecule has 8 aromatic carbocycles. The Bertz CT molecular complexity index is 3240. The highest BCUT2D eigenvalue weighted by Gasteiger charge is 2.22. The summed E-state index contributed by atoms with van der Waals surface area (Å²) in [5.74, 6) is 4.54. The summed E-state index contributed by atoms with van der Waals surface area (Å²) < 4.78 is 2.28. The third-order valence-corrected chi connectivity index (χ3v) is 11.7. The molecule has 314 valence electrons. The first-order valence-corrected chi connectivity index (χ1v) is 22.1. The van der Waals surface area contributed by atoms with Crippen LogP contribution in [0.3, 0.4) is 0 Å². The molecular weight excluding hydrogens is 809 g/mol. The molecule has 8 nitrogen and oxygen atoms in total. The molecule has 8 heteroatoms. The van der Waals surface area contributed by atoms with E-state index in [0.717, 1.165) is 72.6 Å². The summed E-state index contributed by atoms with van der Waals surface area (Å²) >= 11 is 0. The Labute approximate surface area is 383 Å². The maximum absolute atomic E-state index is 5.29. The molecule has 66 heavy (non-hydrogen) atoms. The molecule has 0 atom stereocenters.